The van der Waals surface area contributed by atoms with Crippen LogP contribution in [0.1, 0.15) is 22.3 Å². The Kier molecular flexibility index (Phi) is 12.1. The highest BCUT2D eigenvalue weighted by molar-refractivity contribution is 5.81. The Balaban J connectivity index is 0.994. The van der Waals surface area contributed by atoms with Crippen molar-refractivity contribution in [2.24, 2.45) is 0 Å². The molecule has 0 aliphatic heterocycles. The zero-order chi connectivity index (χ0) is 39.2. The normalized spacial score (nSPS) is 11.5. The fraction of sp³-hybridized carbons (Fsp3) is 0. The van der Waals surface area contributed by atoms with E-state index in [4.69, 9.17) is 0 Å². The van der Waals surface area contributed by atoms with Crippen molar-refractivity contribution in [1.82, 2.24) is 0 Å². The molecule has 0 saturated carbocycles. The molecule has 58 heavy (non-hydrogen) atoms. The fourth-order valence-corrected chi connectivity index (χ4v) is 6.92. The largest absolute Gasteiger partial charge is 0.311 e. The zero-order valence-corrected chi connectivity index (χ0v) is 32.3. The van der Waals surface area contributed by atoms with Gasteiger partial charge in [0.15, 0.2) is 0 Å². The zero-order valence-electron chi connectivity index (χ0n) is 32.3. The van der Waals surface area contributed by atoms with Crippen molar-refractivity contribution in [2.75, 3.05) is 9.80 Å². The number of hydrogen-bond acceptors (Lipinski definition) is 2. The third kappa shape index (κ3) is 9.57. The molecule has 0 radical (unpaired) electrons. The lowest BCUT2D eigenvalue weighted by molar-refractivity contribution is 1.28. The van der Waals surface area contributed by atoms with Gasteiger partial charge in [-0.3, -0.25) is 0 Å². The topological polar surface area (TPSA) is 6.48 Å². The molecule has 0 aliphatic carbocycles. The van der Waals surface area contributed by atoms with Crippen LogP contribution in [0.4, 0.5) is 34.1 Å². The van der Waals surface area contributed by atoms with Gasteiger partial charge in [-0.2, -0.15) is 0 Å². The Morgan fingerprint density at radius 3 is 0.724 bits per heavy atom. The summed E-state index contributed by atoms with van der Waals surface area (Å²) >= 11 is 0. The minimum Gasteiger partial charge on any atom is -0.311 e. The van der Waals surface area contributed by atoms with Crippen molar-refractivity contribution < 1.29 is 0 Å². The minimum atomic E-state index is 1.10. The molecule has 8 aromatic rings. The number of nitrogens with zero attached hydrogens (tertiary/aromatic N) is 2. The molecule has 0 fully saturated rings. The second-order valence-corrected chi connectivity index (χ2v) is 13.9. The van der Waals surface area contributed by atoms with Crippen molar-refractivity contribution >= 4 is 58.4 Å². The van der Waals surface area contributed by atoms with Gasteiger partial charge in [-0.1, -0.05) is 194 Å². The minimum absolute atomic E-state index is 1.10. The average molecular weight is 745 g/mol. The smallest absolute Gasteiger partial charge is 0.0462 e. The first kappa shape index (κ1) is 37.3. The van der Waals surface area contributed by atoms with Crippen molar-refractivity contribution in [3.8, 4) is 11.1 Å². The van der Waals surface area contributed by atoms with Gasteiger partial charge in [0.2, 0.25) is 0 Å². The third-order valence-electron chi connectivity index (χ3n) is 9.89. The summed E-state index contributed by atoms with van der Waals surface area (Å²) in [6, 6.07) is 76.9. The molecule has 278 valence electrons. The van der Waals surface area contributed by atoms with Crippen LogP contribution in [0, 0.1) is 0 Å². The highest BCUT2D eigenvalue weighted by atomic mass is 15.1. The van der Waals surface area contributed by atoms with Crippen molar-refractivity contribution in [1.29, 1.82) is 0 Å². The molecule has 2 heteroatoms. The molecule has 0 aromatic heterocycles. The second-order valence-electron chi connectivity index (χ2n) is 13.9. The number of benzene rings is 8. The standard InChI is InChI=1S/C56H44N2/c1-5-17-45(18-6-1)21-13-15-23-47-29-37-53(38-30-47)57(51-25-9-3-10-26-51)55-41-33-49(34-42-55)50-35-43-56(44-36-50)58(52-27-11-4-12-28-52)54-39-31-48(32-40-54)24-16-14-22-46-19-7-2-8-20-46/h1-44H/b21-13+,22-14?,23-15+,24-16?. The average Bonchev–Trinajstić information content (AvgIpc) is 3.30. The van der Waals surface area contributed by atoms with E-state index in [9.17, 15) is 0 Å². The molecular weight excluding hydrogens is 701 g/mol. The van der Waals surface area contributed by atoms with E-state index in [1.807, 2.05) is 12.1 Å². The molecule has 0 N–H and O–H groups in total. The summed E-state index contributed by atoms with van der Waals surface area (Å²) < 4.78 is 0. The first-order valence-corrected chi connectivity index (χ1v) is 19.7. The Bertz CT molecular complexity index is 2400. The predicted molar refractivity (Wildman–Crippen MR) is 250 cm³/mol. The van der Waals surface area contributed by atoms with Crippen LogP contribution in [0.3, 0.4) is 0 Å². The van der Waals surface area contributed by atoms with Crippen molar-refractivity contribution in [3.63, 3.8) is 0 Å². The summed E-state index contributed by atoms with van der Waals surface area (Å²) in [4.78, 5) is 4.60. The number of rotatable bonds is 13. The summed E-state index contributed by atoms with van der Waals surface area (Å²) in [5.41, 5.74) is 13.6. The first-order valence-electron chi connectivity index (χ1n) is 19.7. The quantitative estimate of drug-likeness (QED) is 0.108. The van der Waals surface area contributed by atoms with Crippen LogP contribution < -0.4 is 9.80 Å². The first-order chi connectivity index (χ1) is 28.8. The Morgan fingerprint density at radius 2 is 0.431 bits per heavy atom. The molecule has 0 heterocycles. The van der Waals surface area contributed by atoms with Crippen LogP contribution in [-0.4, -0.2) is 0 Å². The van der Waals surface area contributed by atoms with E-state index in [0.29, 0.717) is 0 Å². The van der Waals surface area contributed by atoms with Gasteiger partial charge in [0.1, 0.15) is 0 Å². The second kappa shape index (κ2) is 18.8. The molecule has 0 unspecified atom stereocenters. The lowest BCUT2D eigenvalue weighted by Crippen LogP contribution is -2.10. The summed E-state index contributed by atoms with van der Waals surface area (Å²) in [5, 5.41) is 0. The molecular formula is C56H44N2. The van der Waals surface area contributed by atoms with Crippen LogP contribution in [0.15, 0.2) is 243 Å². The maximum atomic E-state index is 2.30. The van der Waals surface area contributed by atoms with Crippen LogP contribution >= 0.6 is 0 Å². The van der Waals surface area contributed by atoms with E-state index >= 15 is 0 Å². The monoisotopic (exact) mass is 744 g/mol. The molecule has 0 bridgehead atoms. The van der Waals surface area contributed by atoms with Gasteiger partial charge in [0, 0.05) is 34.1 Å². The van der Waals surface area contributed by atoms with E-state index in [1.165, 1.54) is 11.1 Å². The third-order valence-corrected chi connectivity index (χ3v) is 9.89. The molecule has 8 rings (SSSR count). The number of anilines is 6. The van der Waals surface area contributed by atoms with E-state index in [0.717, 1.165) is 56.4 Å². The van der Waals surface area contributed by atoms with E-state index in [2.05, 4.69) is 265 Å². The summed E-state index contributed by atoms with van der Waals surface area (Å²) in [5.74, 6) is 0. The summed E-state index contributed by atoms with van der Waals surface area (Å²) in [6.45, 7) is 0. The molecule has 8 aromatic carbocycles. The number of para-hydroxylation sites is 2. The molecule has 0 saturated heterocycles. The van der Waals surface area contributed by atoms with Gasteiger partial charge in [0.25, 0.3) is 0 Å². The maximum Gasteiger partial charge on any atom is 0.0462 e. The SMILES string of the molecule is C(C=Cc1ccc(N(c2ccccc2)c2ccc(-c3ccc(N(c4ccccc4)c4ccc(/C=C/C=C/c5ccccc5)cc4)cc3)cc2)cc1)=Cc1ccccc1. The lowest BCUT2D eigenvalue weighted by atomic mass is 10.0. The van der Waals surface area contributed by atoms with Gasteiger partial charge in [-0.25, -0.2) is 0 Å². The van der Waals surface area contributed by atoms with E-state index < -0.39 is 0 Å². The van der Waals surface area contributed by atoms with Gasteiger partial charge >= 0.3 is 0 Å². The Labute approximate surface area is 343 Å². The number of hydrogen-bond donors (Lipinski definition) is 0. The van der Waals surface area contributed by atoms with Gasteiger partial charge in [-0.15, -0.1) is 0 Å². The highest BCUT2D eigenvalue weighted by Gasteiger charge is 2.14. The van der Waals surface area contributed by atoms with Crippen LogP contribution in [-0.2, 0) is 0 Å². The van der Waals surface area contributed by atoms with Gasteiger partial charge < -0.3 is 9.80 Å². The Morgan fingerprint density at radius 1 is 0.207 bits per heavy atom. The van der Waals surface area contributed by atoms with Crippen molar-refractivity contribution in [2.45, 2.75) is 0 Å². The molecule has 0 aliphatic rings. The molecule has 0 amide bonds. The van der Waals surface area contributed by atoms with Crippen LogP contribution in [0.2, 0.25) is 0 Å². The Hall–Kier alpha value is -7.68. The van der Waals surface area contributed by atoms with Crippen LogP contribution in [0.5, 0.6) is 0 Å². The van der Waals surface area contributed by atoms with Gasteiger partial charge in [0.05, 0.1) is 0 Å². The highest BCUT2D eigenvalue weighted by Crippen LogP contribution is 2.38. The van der Waals surface area contributed by atoms with Crippen LogP contribution in [0.25, 0.3) is 35.4 Å². The molecule has 0 spiro atoms. The summed E-state index contributed by atoms with van der Waals surface area (Å²) in [6.07, 6.45) is 16.8. The molecule has 0 atom stereocenters. The predicted octanol–water partition coefficient (Wildman–Crippen LogP) is 15.7. The lowest BCUT2D eigenvalue weighted by Gasteiger charge is -2.26. The maximum absolute atomic E-state index is 2.30. The molecule has 2 nitrogen and oxygen atoms in total. The van der Waals surface area contributed by atoms with E-state index in [1.54, 1.807) is 0 Å². The van der Waals surface area contributed by atoms with Crippen molar-refractivity contribution in [3.05, 3.63) is 265 Å². The fourth-order valence-electron chi connectivity index (χ4n) is 6.92. The van der Waals surface area contributed by atoms with Gasteiger partial charge in [-0.05, 0) is 106 Å². The summed E-state index contributed by atoms with van der Waals surface area (Å²) in [7, 11) is 0. The van der Waals surface area contributed by atoms with E-state index in [-0.39, 0.29) is 0 Å². The number of allylic oxidation sites excluding steroid dienone is 4.